The SMILES string of the molecule is CC1COC(c2ccccc2Cl)CN1CCN. The van der Waals surface area contributed by atoms with Gasteiger partial charge in [0.05, 0.1) is 12.7 Å². The molecule has 2 atom stereocenters. The van der Waals surface area contributed by atoms with Crippen LogP contribution in [0, 0.1) is 0 Å². The standard InChI is InChI=1S/C13H19ClN2O/c1-10-9-17-13(8-16(10)7-6-15)11-4-2-3-5-12(11)14/h2-5,10,13H,6-9,15H2,1H3. The molecule has 2 unspecified atom stereocenters. The first-order valence-electron chi connectivity index (χ1n) is 6.02. The van der Waals surface area contributed by atoms with Crippen molar-refractivity contribution in [3.63, 3.8) is 0 Å². The van der Waals surface area contributed by atoms with E-state index >= 15 is 0 Å². The minimum absolute atomic E-state index is 0.0615. The molecule has 1 heterocycles. The summed E-state index contributed by atoms with van der Waals surface area (Å²) >= 11 is 6.20. The fourth-order valence-corrected chi connectivity index (χ4v) is 2.47. The summed E-state index contributed by atoms with van der Waals surface area (Å²) in [6.07, 6.45) is 0.0615. The summed E-state index contributed by atoms with van der Waals surface area (Å²) in [6, 6.07) is 8.30. The van der Waals surface area contributed by atoms with Crippen LogP contribution in [0.5, 0.6) is 0 Å². The molecule has 0 spiro atoms. The van der Waals surface area contributed by atoms with Gasteiger partial charge in [0.1, 0.15) is 0 Å². The molecule has 2 rings (SSSR count). The smallest absolute Gasteiger partial charge is 0.0967 e. The predicted octanol–water partition coefficient (Wildman–Crippen LogP) is 2.06. The molecule has 2 N–H and O–H groups in total. The number of halogens is 1. The summed E-state index contributed by atoms with van der Waals surface area (Å²) < 4.78 is 5.87. The van der Waals surface area contributed by atoms with E-state index in [0.717, 1.165) is 30.3 Å². The zero-order chi connectivity index (χ0) is 12.3. The van der Waals surface area contributed by atoms with E-state index in [1.54, 1.807) is 0 Å². The van der Waals surface area contributed by atoms with Crippen LogP contribution in [0.3, 0.4) is 0 Å². The van der Waals surface area contributed by atoms with Crippen LogP contribution in [-0.2, 0) is 4.74 Å². The average Bonchev–Trinajstić information content (AvgIpc) is 2.33. The zero-order valence-electron chi connectivity index (χ0n) is 10.1. The molecule has 0 aliphatic carbocycles. The van der Waals surface area contributed by atoms with E-state index in [9.17, 15) is 0 Å². The summed E-state index contributed by atoms with van der Waals surface area (Å²) in [7, 11) is 0. The number of ether oxygens (including phenoxy) is 1. The van der Waals surface area contributed by atoms with E-state index in [0.29, 0.717) is 12.6 Å². The molecular formula is C13H19ClN2O. The third-order valence-electron chi connectivity index (χ3n) is 3.23. The number of hydrogen-bond acceptors (Lipinski definition) is 3. The van der Waals surface area contributed by atoms with E-state index < -0.39 is 0 Å². The molecule has 1 aromatic rings. The Bertz CT molecular complexity index is 372. The zero-order valence-corrected chi connectivity index (χ0v) is 10.9. The molecule has 1 aliphatic heterocycles. The summed E-state index contributed by atoms with van der Waals surface area (Å²) in [4.78, 5) is 2.36. The lowest BCUT2D eigenvalue weighted by molar-refractivity contribution is -0.0587. The molecule has 94 valence electrons. The van der Waals surface area contributed by atoms with Crippen molar-refractivity contribution in [3.8, 4) is 0 Å². The highest BCUT2D eigenvalue weighted by Crippen LogP contribution is 2.29. The van der Waals surface area contributed by atoms with Crippen LogP contribution in [0.15, 0.2) is 24.3 Å². The molecule has 0 amide bonds. The highest BCUT2D eigenvalue weighted by Gasteiger charge is 2.27. The van der Waals surface area contributed by atoms with Gasteiger partial charge in [0.25, 0.3) is 0 Å². The Morgan fingerprint density at radius 2 is 2.24 bits per heavy atom. The molecule has 0 radical (unpaired) electrons. The second kappa shape index (κ2) is 5.83. The van der Waals surface area contributed by atoms with Gasteiger partial charge < -0.3 is 10.5 Å². The lowest BCUT2D eigenvalue weighted by atomic mass is 10.1. The van der Waals surface area contributed by atoms with E-state index in [2.05, 4.69) is 11.8 Å². The van der Waals surface area contributed by atoms with Gasteiger partial charge in [0, 0.05) is 36.3 Å². The molecule has 0 bridgehead atoms. The van der Waals surface area contributed by atoms with Crippen molar-refractivity contribution in [2.75, 3.05) is 26.2 Å². The second-order valence-corrected chi connectivity index (χ2v) is 4.88. The van der Waals surface area contributed by atoms with Gasteiger partial charge in [-0.3, -0.25) is 4.90 Å². The van der Waals surface area contributed by atoms with E-state index in [-0.39, 0.29) is 6.10 Å². The third-order valence-corrected chi connectivity index (χ3v) is 3.57. The molecule has 3 nitrogen and oxygen atoms in total. The Kier molecular flexibility index (Phi) is 4.40. The monoisotopic (exact) mass is 254 g/mol. The lowest BCUT2D eigenvalue weighted by Gasteiger charge is -2.38. The minimum Gasteiger partial charge on any atom is -0.371 e. The molecule has 1 aromatic carbocycles. The van der Waals surface area contributed by atoms with Gasteiger partial charge in [-0.25, -0.2) is 0 Å². The van der Waals surface area contributed by atoms with Crippen LogP contribution < -0.4 is 5.73 Å². The maximum absolute atomic E-state index is 6.20. The predicted molar refractivity (Wildman–Crippen MR) is 70.2 cm³/mol. The second-order valence-electron chi connectivity index (χ2n) is 4.48. The molecule has 0 aromatic heterocycles. The Hall–Kier alpha value is -0.610. The molecule has 1 saturated heterocycles. The van der Waals surface area contributed by atoms with Crippen molar-refractivity contribution in [1.82, 2.24) is 4.90 Å². The van der Waals surface area contributed by atoms with Crippen molar-refractivity contribution >= 4 is 11.6 Å². The fourth-order valence-electron chi connectivity index (χ4n) is 2.21. The van der Waals surface area contributed by atoms with Crippen molar-refractivity contribution in [2.24, 2.45) is 5.73 Å². The number of nitrogens with two attached hydrogens (primary N) is 1. The van der Waals surface area contributed by atoms with Gasteiger partial charge in [-0.2, -0.15) is 0 Å². The Balaban J connectivity index is 2.10. The molecule has 1 aliphatic rings. The van der Waals surface area contributed by atoms with Gasteiger partial charge in [-0.05, 0) is 13.0 Å². The molecule has 0 saturated carbocycles. The molecule has 1 fully saturated rings. The first kappa shape index (κ1) is 12.8. The van der Waals surface area contributed by atoms with Crippen LogP contribution >= 0.6 is 11.6 Å². The topological polar surface area (TPSA) is 38.5 Å². The van der Waals surface area contributed by atoms with E-state index in [4.69, 9.17) is 22.1 Å². The molecule has 4 heteroatoms. The van der Waals surface area contributed by atoms with Crippen LogP contribution in [-0.4, -0.2) is 37.2 Å². The number of morpholine rings is 1. The number of rotatable bonds is 3. The maximum atomic E-state index is 6.20. The van der Waals surface area contributed by atoms with Gasteiger partial charge in [0.2, 0.25) is 0 Å². The summed E-state index contributed by atoms with van der Waals surface area (Å²) in [6.45, 7) is 5.35. The fraction of sp³-hybridized carbons (Fsp3) is 0.538. The van der Waals surface area contributed by atoms with Crippen LogP contribution in [0.25, 0.3) is 0 Å². The highest BCUT2D eigenvalue weighted by atomic mass is 35.5. The van der Waals surface area contributed by atoms with E-state index in [1.807, 2.05) is 24.3 Å². The van der Waals surface area contributed by atoms with Crippen molar-refractivity contribution in [3.05, 3.63) is 34.9 Å². The van der Waals surface area contributed by atoms with E-state index in [1.165, 1.54) is 0 Å². The largest absolute Gasteiger partial charge is 0.371 e. The highest BCUT2D eigenvalue weighted by molar-refractivity contribution is 6.31. The van der Waals surface area contributed by atoms with Crippen molar-refractivity contribution in [1.29, 1.82) is 0 Å². The number of nitrogens with zero attached hydrogens (tertiary/aromatic N) is 1. The lowest BCUT2D eigenvalue weighted by Crippen LogP contribution is -2.46. The summed E-state index contributed by atoms with van der Waals surface area (Å²) in [5.74, 6) is 0. The van der Waals surface area contributed by atoms with Crippen molar-refractivity contribution < 1.29 is 4.74 Å². The Morgan fingerprint density at radius 3 is 2.94 bits per heavy atom. The van der Waals surface area contributed by atoms with Crippen LogP contribution in [0.2, 0.25) is 5.02 Å². The van der Waals surface area contributed by atoms with Crippen LogP contribution in [0.4, 0.5) is 0 Å². The third kappa shape index (κ3) is 2.99. The first-order chi connectivity index (χ1) is 8.22. The van der Waals surface area contributed by atoms with Crippen LogP contribution in [0.1, 0.15) is 18.6 Å². The van der Waals surface area contributed by atoms with Gasteiger partial charge in [-0.15, -0.1) is 0 Å². The van der Waals surface area contributed by atoms with Crippen molar-refractivity contribution in [2.45, 2.75) is 19.1 Å². The minimum atomic E-state index is 0.0615. The average molecular weight is 255 g/mol. The maximum Gasteiger partial charge on any atom is 0.0967 e. The molecular weight excluding hydrogens is 236 g/mol. The normalized spacial score (nSPS) is 26.1. The van der Waals surface area contributed by atoms with Gasteiger partial charge >= 0.3 is 0 Å². The molecule has 17 heavy (non-hydrogen) atoms. The Labute approximate surface area is 107 Å². The van der Waals surface area contributed by atoms with Gasteiger partial charge in [0.15, 0.2) is 0 Å². The first-order valence-corrected chi connectivity index (χ1v) is 6.40. The quantitative estimate of drug-likeness (QED) is 0.898. The summed E-state index contributed by atoms with van der Waals surface area (Å²) in [5.41, 5.74) is 6.70. The number of benzene rings is 1. The van der Waals surface area contributed by atoms with Gasteiger partial charge in [-0.1, -0.05) is 29.8 Å². The summed E-state index contributed by atoms with van der Waals surface area (Å²) in [5, 5.41) is 0.778. The number of hydrogen-bond donors (Lipinski definition) is 1. The Morgan fingerprint density at radius 1 is 1.47 bits per heavy atom.